The lowest BCUT2D eigenvalue weighted by molar-refractivity contribution is -0.186. The number of hydrogen-bond acceptors (Lipinski definition) is 10. The van der Waals surface area contributed by atoms with Crippen LogP contribution in [0.4, 0.5) is 29.2 Å². The standard InChI is InChI=1S/C33H25F4N11/c34-21-5-8-24(42-17-21)25-9-10-26-32(43-25)48(31(44-26)23-2-1-12-41-30(23)39)22-6-3-20(4-7-22)18-46-14-15-47(19-27(46)33(35,36)37)29-11-13-40-28(16-38)45-29/h1-13,17,27H,14-15,18-19H2,(H2,39,41)/t27-/m0/s1. The van der Waals surface area contributed by atoms with E-state index in [-0.39, 0.29) is 37.1 Å². The van der Waals surface area contributed by atoms with Gasteiger partial charge in [-0.15, -0.1) is 0 Å². The fraction of sp³-hybridized carbons (Fsp3) is 0.182. The van der Waals surface area contributed by atoms with Gasteiger partial charge in [-0.25, -0.2) is 29.3 Å². The number of benzene rings is 1. The summed E-state index contributed by atoms with van der Waals surface area (Å²) in [4.78, 5) is 28.8. The molecule has 1 saturated heterocycles. The van der Waals surface area contributed by atoms with E-state index in [2.05, 4.69) is 19.9 Å². The Morgan fingerprint density at radius 2 is 1.69 bits per heavy atom. The quantitative estimate of drug-likeness (QED) is 0.240. The van der Waals surface area contributed by atoms with E-state index >= 15 is 0 Å². The minimum atomic E-state index is -4.50. The van der Waals surface area contributed by atoms with Crippen molar-refractivity contribution >= 4 is 22.8 Å². The normalized spacial score (nSPS) is 15.5. The SMILES string of the molecule is N#Cc1nccc(N2CCN(Cc3ccc(-n4c(-c5cccnc5N)nc5ccc(-c6ccc(F)cn6)nc54)cc3)[C@H](C(F)(F)F)C2)n1. The number of nitrogens with zero attached hydrogens (tertiary/aromatic N) is 10. The molecule has 6 aromatic rings. The maximum atomic E-state index is 14.3. The fourth-order valence-corrected chi connectivity index (χ4v) is 5.75. The van der Waals surface area contributed by atoms with Gasteiger partial charge in [-0.1, -0.05) is 12.1 Å². The van der Waals surface area contributed by atoms with Crippen molar-refractivity contribution in [2.75, 3.05) is 30.3 Å². The molecule has 11 nitrogen and oxygen atoms in total. The van der Waals surface area contributed by atoms with Crippen LogP contribution < -0.4 is 10.6 Å². The third kappa shape index (κ3) is 5.96. The monoisotopic (exact) mass is 651 g/mol. The highest BCUT2D eigenvalue weighted by Gasteiger charge is 2.46. The van der Waals surface area contributed by atoms with Crippen LogP contribution in [-0.4, -0.2) is 71.2 Å². The molecule has 0 radical (unpaired) electrons. The second-order valence-corrected chi connectivity index (χ2v) is 11.1. The zero-order chi connectivity index (χ0) is 33.4. The molecule has 1 fully saturated rings. The van der Waals surface area contributed by atoms with Crippen LogP contribution in [0.5, 0.6) is 0 Å². The maximum Gasteiger partial charge on any atom is 0.405 e. The van der Waals surface area contributed by atoms with E-state index in [9.17, 15) is 17.6 Å². The average molecular weight is 652 g/mol. The first kappa shape index (κ1) is 30.6. The summed E-state index contributed by atoms with van der Waals surface area (Å²) in [5.74, 6) is 0.441. The largest absolute Gasteiger partial charge is 0.405 e. The number of nitrogens with two attached hydrogens (primary N) is 1. The van der Waals surface area contributed by atoms with Crippen LogP contribution in [0.1, 0.15) is 11.4 Å². The predicted molar refractivity (Wildman–Crippen MR) is 169 cm³/mol. The number of piperazine rings is 1. The Hall–Kier alpha value is -6.01. The van der Waals surface area contributed by atoms with Gasteiger partial charge in [-0.3, -0.25) is 14.5 Å². The van der Waals surface area contributed by atoms with Crippen LogP contribution in [-0.2, 0) is 6.54 Å². The van der Waals surface area contributed by atoms with Crippen molar-refractivity contribution in [1.29, 1.82) is 5.26 Å². The Morgan fingerprint density at radius 1 is 0.875 bits per heavy atom. The molecule has 15 heteroatoms. The zero-order valence-corrected chi connectivity index (χ0v) is 25.1. The lowest BCUT2D eigenvalue weighted by atomic mass is 10.1. The average Bonchev–Trinajstić information content (AvgIpc) is 3.47. The first-order valence-electron chi connectivity index (χ1n) is 14.8. The molecule has 48 heavy (non-hydrogen) atoms. The molecule has 1 aliphatic rings. The fourth-order valence-electron chi connectivity index (χ4n) is 5.75. The first-order valence-corrected chi connectivity index (χ1v) is 14.8. The van der Waals surface area contributed by atoms with Crippen molar-refractivity contribution < 1.29 is 17.6 Å². The van der Waals surface area contributed by atoms with Gasteiger partial charge in [0, 0.05) is 44.3 Å². The summed E-state index contributed by atoms with van der Waals surface area (Å²) in [7, 11) is 0. The summed E-state index contributed by atoms with van der Waals surface area (Å²) < 4.78 is 58.3. The van der Waals surface area contributed by atoms with E-state index in [0.717, 1.165) is 6.20 Å². The van der Waals surface area contributed by atoms with E-state index in [4.69, 9.17) is 21.0 Å². The number of anilines is 2. The highest BCUT2D eigenvalue weighted by atomic mass is 19.4. The number of rotatable bonds is 6. The van der Waals surface area contributed by atoms with Crippen LogP contribution in [0.25, 0.3) is 39.6 Å². The summed E-state index contributed by atoms with van der Waals surface area (Å²) in [6.07, 6.45) is -0.448. The number of nitrogen functional groups attached to an aromatic ring is 1. The zero-order valence-electron chi connectivity index (χ0n) is 25.1. The van der Waals surface area contributed by atoms with Crippen LogP contribution in [0.2, 0.25) is 0 Å². The molecule has 2 N–H and O–H groups in total. The molecule has 0 saturated carbocycles. The van der Waals surface area contributed by atoms with Crippen molar-refractivity contribution in [2.24, 2.45) is 0 Å². The molecular weight excluding hydrogens is 626 g/mol. The van der Waals surface area contributed by atoms with Gasteiger partial charge in [0.15, 0.2) is 11.5 Å². The summed E-state index contributed by atoms with van der Waals surface area (Å²) >= 11 is 0. The summed E-state index contributed by atoms with van der Waals surface area (Å²) in [6.45, 7) is 0.132. The minimum absolute atomic E-state index is 0.0528. The molecule has 1 atom stereocenters. The number of fused-ring (bicyclic) bond motifs is 1. The number of hydrogen-bond donors (Lipinski definition) is 1. The Kier molecular flexibility index (Phi) is 7.85. The molecule has 240 valence electrons. The van der Waals surface area contributed by atoms with Crippen LogP contribution in [0.3, 0.4) is 0 Å². The smallest absolute Gasteiger partial charge is 0.383 e. The molecule has 0 bridgehead atoms. The number of pyridine rings is 3. The van der Waals surface area contributed by atoms with Gasteiger partial charge in [0.25, 0.3) is 0 Å². The van der Waals surface area contributed by atoms with Gasteiger partial charge in [0.1, 0.15) is 35.1 Å². The first-order chi connectivity index (χ1) is 23.2. The predicted octanol–water partition coefficient (Wildman–Crippen LogP) is 5.18. The van der Waals surface area contributed by atoms with Gasteiger partial charge in [-0.2, -0.15) is 18.4 Å². The summed E-state index contributed by atoms with van der Waals surface area (Å²) in [5, 5.41) is 9.12. The number of nitriles is 1. The highest BCUT2D eigenvalue weighted by Crippen LogP contribution is 2.33. The third-order valence-electron chi connectivity index (χ3n) is 8.09. The van der Waals surface area contributed by atoms with Gasteiger partial charge in [0.2, 0.25) is 5.82 Å². The summed E-state index contributed by atoms with van der Waals surface area (Å²) in [6, 6.07) is 18.6. The molecular formula is C33H25F4N11. The molecule has 1 aromatic carbocycles. The second-order valence-electron chi connectivity index (χ2n) is 11.1. The van der Waals surface area contributed by atoms with E-state index in [1.807, 2.05) is 6.07 Å². The summed E-state index contributed by atoms with van der Waals surface area (Å²) in [5.41, 5.74) is 10.1. The minimum Gasteiger partial charge on any atom is -0.383 e. The molecule has 0 spiro atoms. The molecule has 6 heterocycles. The molecule has 0 aliphatic carbocycles. The van der Waals surface area contributed by atoms with Gasteiger partial charge < -0.3 is 10.6 Å². The lowest BCUT2D eigenvalue weighted by Gasteiger charge is -2.42. The van der Waals surface area contributed by atoms with E-state index < -0.39 is 18.0 Å². The Bertz CT molecular complexity index is 2140. The Balaban J connectivity index is 1.21. The Morgan fingerprint density at radius 3 is 2.42 bits per heavy atom. The van der Waals surface area contributed by atoms with Crippen molar-refractivity contribution in [3.05, 3.63) is 103 Å². The highest BCUT2D eigenvalue weighted by molar-refractivity contribution is 5.84. The van der Waals surface area contributed by atoms with Crippen LogP contribution in [0.15, 0.2) is 85.3 Å². The van der Waals surface area contributed by atoms with Crippen LogP contribution in [0, 0.1) is 17.1 Å². The van der Waals surface area contributed by atoms with E-state index in [1.165, 1.54) is 34.2 Å². The van der Waals surface area contributed by atoms with Crippen molar-refractivity contribution in [1.82, 2.24) is 39.4 Å². The van der Waals surface area contributed by atoms with Crippen molar-refractivity contribution in [3.8, 4) is 34.5 Å². The number of aromatic nitrogens is 7. The molecule has 7 rings (SSSR count). The molecule has 0 unspecified atom stereocenters. The second kappa shape index (κ2) is 12.3. The van der Waals surface area contributed by atoms with E-state index in [1.54, 1.807) is 59.3 Å². The Labute approximate surface area is 271 Å². The molecule has 0 amide bonds. The van der Waals surface area contributed by atoms with E-state index in [0.29, 0.717) is 51.7 Å². The van der Waals surface area contributed by atoms with Gasteiger partial charge >= 0.3 is 6.18 Å². The van der Waals surface area contributed by atoms with Crippen molar-refractivity contribution in [3.63, 3.8) is 0 Å². The number of imidazole rings is 1. The van der Waals surface area contributed by atoms with Gasteiger partial charge in [-0.05, 0) is 60.2 Å². The molecule has 1 aliphatic heterocycles. The maximum absolute atomic E-state index is 14.3. The number of alkyl halides is 3. The topological polar surface area (TPSA) is 139 Å². The third-order valence-corrected chi connectivity index (χ3v) is 8.09. The van der Waals surface area contributed by atoms with Crippen molar-refractivity contribution in [2.45, 2.75) is 18.8 Å². The van der Waals surface area contributed by atoms with Crippen LogP contribution >= 0.6 is 0 Å². The number of halogens is 4. The molecule has 5 aromatic heterocycles. The van der Waals surface area contributed by atoms with Gasteiger partial charge in [0.05, 0.1) is 23.1 Å². The lowest BCUT2D eigenvalue weighted by Crippen LogP contribution is -2.58.